The van der Waals surface area contributed by atoms with Crippen LogP contribution in [0.4, 0.5) is 4.39 Å². The summed E-state index contributed by atoms with van der Waals surface area (Å²) in [4.78, 5) is 0. The Morgan fingerprint density at radius 1 is 1.31 bits per heavy atom. The number of alkyl halides is 1. The standard InChI is InChI=1S/C13H17Cl2F/c1-13(2,3)10(8-14)6-9-4-5-11(16)7-12(9)15/h4-5,7,10H,6,8H2,1-3H3. The van der Waals surface area contributed by atoms with Gasteiger partial charge in [-0.2, -0.15) is 0 Å². The Kier molecular flexibility index (Phi) is 4.63. The number of halogens is 3. The van der Waals surface area contributed by atoms with E-state index in [1.54, 1.807) is 6.07 Å². The zero-order valence-electron chi connectivity index (χ0n) is 9.86. The van der Waals surface area contributed by atoms with Crippen LogP contribution in [0.15, 0.2) is 18.2 Å². The second-order valence-corrected chi connectivity index (χ2v) is 5.87. The molecule has 0 nitrogen and oxygen atoms in total. The van der Waals surface area contributed by atoms with Gasteiger partial charge in [-0.1, -0.05) is 38.4 Å². The smallest absolute Gasteiger partial charge is 0.124 e. The molecule has 0 spiro atoms. The third-order valence-corrected chi connectivity index (χ3v) is 3.62. The maximum Gasteiger partial charge on any atom is 0.124 e. The molecule has 0 fully saturated rings. The third kappa shape index (κ3) is 3.64. The molecule has 16 heavy (non-hydrogen) atoms. The van der Waals surface area contributed by atoms with E-state index in [1.807, 2.05) is 0 Å². The van der Waals surface area contributed by atoms with Crippen LogP contribution in [0, 0.1) is 17.2 Å². The SMILES string of the molecule is CC(C)(C)C(CCl)Cc1ccc(F)cc1Cl. The van der Waals surface area contributed by atoms with Crippen LogP contribution in [0.5, 0.6) is 0 Å². The molecule has 0 aliphatic rings. The number of hydrogen-bond donors (Lipinski definition) is 0. The summed E-state index contributed by atoms with van der Waals surface area (Å²) in [5.41, 5.74) is 1.09. The Morgan fingerprint density at radius 3 is 2.38 bits per heavy atom. The van der Waals surface area contributed by atoms with Crippen LogP contribution in [-0.4, -0.2) is 5.88 Å². The van der Waals surface area contributed by atoms with Crippen molar-refractivity contribution in [1.82, 2.24) is 0 Å². The van der Waals surface area contributed by atoms with Crippen LogP contribution in [0.1, 0.15) is 26.3 Å². The Morgan fingerprint density at radius 2 is 1.94 bits per heavy atom. The first-order valence-electron chi connectivity index (χ1n) is 5.34. The van der Waals surface area contributed by atoms with E-state index in [-0.39, 0.29) is 11.2 Å². The van der Waals surface area contributed by atoms with Crippen molar-refractivity contribution in [3.8, 4) is 0 Å². The topological polar surface area (TPSA) is 0 Å². The Bertz CT molecular complexity index is 355. The average molecular weight is 263 g/mol. The van der Waals surface area contributed by atoms with Crippen molar-refractivity contribution >= 4 is 23.2 Å². The van der Waals surface area contributed by atoms with Gasteiger partial charge in [0.1, 0.15) is 5.82 Å². The van der Waals surface area contributed by atoms with Gasteiger partial charge in [0.25, 0.3) is 0 Å². The Hall–Kier alpha value is -0.270. The second-order valence-electron chi connectivity index (χ2n) is 5.16. The van der Waals surface area contributed by atoms with E-state index in [2.05, 4.69) is 20.8 Å². The molecule has 1 rings (SSSR count). The molecule has 0 amide bonds. The molecule has 0 aromatic heterocycles. The molecule has 1 aromatic rings. The zero-order valence-corrected chi connectivity index (χ0v) is 11.4. The molecule has 0 N–H and O–H groups in total. The third-order valence-electron chi connectivity index (χ3n) is 2.89. The van der Waals surface area contributed by atoms with Gasteiger partial charge in [0.2, 0.25) is 0 Å². The first kappa shape index (κ1) is 13.8. The van der Waals surface area contributed by atoms with Gasteiger partial charge in [0.05, 0.1) is 0 Å². The molecule has 0 bridgehead atoms. The molecule has 0 saturated heterocycles. The summed E-state index contributed by atoms with van der Waals surface area (Å²) in [5, 5.41) is 0.486. The van der Waals surface area contributed by atoms with Crippen LogP contribution >= 0.6 is 23.2 Å². The molecular formula is C13H17Cl2F. The summed E-state index contributed by atoms with van der Waals surface area (Å²) < 4.78 is 12.9. The van der Waals surface area contributed by atoms with E-state index in [0.29, 0.717) is 16.8 Å². The summed E-state index contributed by atoms with van der Waals surface area (Å²) in [7, 11) is 0. The highest BCUT2D eigenvalue weighted by molar-refractivity contribution is 6.31. The summed E-state index contributed by atoms with van der Waals surface area (Å²) in [6.45, 7) is 6.45. The monoisotopic (exact) mass is 262 g/mol. The van der Waals surface area contributed by atoms with Gasteiger partial charge in [-0.15, -0.1) is 11.6 Å². The lowest BCUT2D eigenvalue weighted by molar-refractivity contribution is 0.264. The lowest BCUT2D eigenvalue weighted by Gasteiger charge is -2.29. The van der Waals surface area contributed by atoms with Gasteiger partial charge < -0.3 is 0 Å². The van der Waals surface area contributed by atoms with Crippen LogP contribution in [0.3, 0.4) is 0 Å². The minimum absolute atomic E-state index is 0.124. The van der Waals surface area contributed by atoms with Crippen LogP contribution in [0.25, 0.3) is 0 Å². The molecule has 0 saturated carbocycles. The minimum Gasteiger partial charge on any atom is -0.207 e. The second kappa shape index (κ2) is 5.37. The molecule has 1 unspecified atom stereocenters. The molecule has 0 radical (unpaired) electrons. The maximum absolute atomic E-state index is 12.9. The van der Waals surface area contributed by atoms with E-state index in [0.717, 1.165) is 12.0 Å². The van der Waals surface area contributed by atoms with Crippen molar-refractivity contribution in [3.05, 3.63) is 34.6 Å². The average Bonchev–Trinajstić information content (AvgIpc) is 2.14. The summed E-state index contributed by atoms with van der Waals surface area (Å²) in [5.74, 6) is 0.612. The van der Waals surface area contributed by atoms with Gasteiger partial charge in [-0.25, -0.2) is 4.39 Å². The summed E-state index contributed by atoms with van der Waals surface area (Å²) in [6, 6.07) is 4.53. The summed E-state index contributed by atoms with van der Waals surface area (Å²) >= 11 is 12.0. The van der Waals surface area contributed by atoms with E-state index >= 15 is 0 Å². The van der Waals surface area contributed by atoms with E-state index in [1.165, 1.54) is 12.1 Å². The minimum atomic E-state index is -0.299. The van der Waals surface area contributed by atoms with Crippen molar-refractivity contribution in [2.75, 3.05) is 5.88 Å². The highest BCUT2D eigenvalue weighted by Crippen LogP contribution is 2.32. The van der Waals surface area contributed by atoms with Gasteiger partial charge >= 0.3 is 0 Å². The van der Waals surface area contributed by atoms with Gasteiger partial charge in [-0.05, 0) is 35.4 Å². The molecular weight excluding hydrogens is 246 g/mol. The largest absolute Gasteiger partial charge is 0.207 e. The molecule has 3 heteroatoms. The Labute approximate surface area is 107 Å². The van der Waals surface area contributed by atoms with Crippen molar-refractivity contribution < 1.29 is 4.39 Å². The first-order valence-corrected chi connectivity index (χ1v) is 6.25. The van der Waals surface area contributed by atoms with Gasteiger partial charge in [-0.3, -0.25) is 0 Å². The van der Waals surface area contributed by atoms with Crippen molar-refractivity contribution in [2.24, 2.45) is 11.3 Å². The molecule has 1 aromatic carbocycles. The Balaban J connectivity index is 2.86. The normalized spacial score (nSPS) is 13.9. The quantitative estimate of drug-likeness (QED) is 0.679. The van der Waals surface area contributed by atoms with Crippen LogP contribution < -0.4 is 0 Å². The van der Waals surface area contributed by atoms with Crippen molar-refractivity contribution in [3.63, 3.8) is 0 Å². The number of rotatable bonds is 3. The molecule has 1 atom stereocenters. The number of hydrogen-bond acceptors (Lipinski definition) is 0. The van der Waals surface area contributed by atoms with Gasteiger partial charge in [0.15, 0.2) is 0 Å². The van der Waals surface area contributed by atoms with Crippen molar-refractivity contribution in [1.29, 1.82) is 0 Å². The van der Waals surface area contributed by atoms with E-state index < -0.39 is 0 Å². The molecule has 90 valence electrons. The first-order chi connectivity index (χ1) is 7.34. The summed E-state index contributed by atoms with van der Waals surface area (Å²) in [6.07, 6.45) is 0.784. The lowest BCUT2D eigenvalue weighted by atomic mass is 9.78. The van der Waals surface area contributed by atoms with E-state index in [9.17, 15) is 4.39 Å². The number of benzene rings is 1. The van der Waals surface area contributed by atoms with Crippen LogP contribution in [-0.2, 0) is 6.42 Å². The molecule has 0 aliphatic heterocycles. The fourth-order valence-corrected chi connectivity index (χ4v) is 2.36. The van der Waals surface area contributed by atoms with Crippen LogP contribution in [0.2, 0.25) is 5.02 Å². The fourth-order valence-electron chi connectivity index (χ4n) is 1.54. The lowest BCUT2D eigenvalue weighted by Crippen LogP contribution is -2.24. The highest BCUT2D eigenvalue weighted by Gasteiger charge is 2.24. The predicted molar refractivity (Wildman–Crippen MR) is 68.8 cm³/mol. The fraction of sp³-hybridized carbons (Fsp3) is 0.538. The highest BCUT2D eigenvalue weighted by atomic mass is 35.5. The zero-order chi connectivity index (χ0) is 12.3. The molecule has 0 heterocycles. The maximum atomic E-state index is 12.9. The van der Waals surface area contributed by atoms with Gasteiger partial charge in [0, 0.05) is 10.9 Å². The van der Waals surface area contributed by atoms with Crippen molar-refractivity contribution in [2.45, 2.75) is 27.2 Å². The van der Waals surface area contributed by atoms with E-state index in [4.69, 9.17) is 23.2 Å². The predicted octanol–water partition coefficient (Wildman–Crippen LogP) is 4.92. The molecule has 0 aliphatic carbocycles.